The maximum atomic E-state index is 11.0. The molecule has 101 valence electrons. The summed E-state index contributed by atoms with van der Waals surface area (Å²) in [5.41, 5.74) is 5.07. The Bertz CT molecular complexity index is 382. The van der Waals surface area contributed by atoms with Crippen molar-refractivity contribution < 1.29 is 9.53 Å². The Morgan fingerprint density at radius 3 is 2.89 bits per heavy atom. The van der Waals surface area contributed by atoms with Crippen LogP contribution in [0.4, 0.5) is 0 Å². The number of hydrogen-bond donors (Lipinski definition) is 2. The van der Waals surface area contributed by atoms with Gasteiger partial charge >= 0.3 is 0 Å². The van der Waals surface area contributed by atoms with E-state index in [1.807, 2.05) is 20.8 Å². The van der Waals surface area contributed by atoms with Gasteiger partial charge in [0.15, 0.2) is 5.82 Å². The quantitative estimate of drug-likeness (QED) is 0.679. The van der Waals surface area contributed by atoms with Crippen LogP contribution < -0.4 is 11.1 Å². The highest BCUT2D eigenvalue weighted by atomic mass is 16.5. The van der Waals surface area contributed by atoms with Crippen molar-refractivity contribution in [3.63, 3.8) is 0 Å². The monoisotopic (exact) mass is 253 g/mol. The number of nitrogens with one attached hydrogen (secondary N) is 1. The number of carbonyl (C=O) groups excluding carboxylic acids is 1. The molecule has 1 aromatic rings. The standard InChI is InChI=1S/C12H21N4O2/c1-12(2,3)18-9-6-14-4-7-16-8-5-15-11(16)10(13)17/h8,14H,4,6-7,9H2,1-3H3,(H2,13,17). The van der Waals surface area contributed by atoms with Gasteiger partial charge in [-0.05, 0) is 20.8 Å². The van der Waals surface area contributed by atoms with E-state index in [4.69, 9.17) is 10.5 Å². The maximum absolute atomic E-state index is 11.0. The first-order chi connectivity index (χ1) is 8.40. The van der Waals surface area contributed by atoms with Crippen LogP contribution in [-0.2, 0) is 11.3 Å². The highest BCUT2D eigenvalue weighted by molar-refractivity contribution is 5.89. The van der Waals surface area contributed by atoms with Crippen LogP contribution in [0.25, 0.3) is 0 Å². The minimum absolute atomic E-state index is 0.111. The third kappa shape index (κ3) is 5.29. The molecule has 1 amide bonds. The van der Waals surface area contributed by atoms with E-state index in [1.54, 1.807) is 10.8 Å². The number of primary amides is 1. The van der Waals surface area contributed by atoms with Crippen LogP contribution in [0, 0.1) is 6.20 Å². The van der Waals surface area contributed by atoms with Crippen molar-refractivity contribution >= 4 is 5.91 Å². The molecule has 18 heavy (non-hydrogen) atoms. The van der Waals surface area contributed by atoms with Gasteiger partial charge in [-0.15, -0.1) is 0 Å². The second kappa shape index (κ2) is 6.51. The highest BCUT2D eigenvalue weighted by Gasteiger charge is 2.09. The molecule has 0 aliphatic heterocycles. The maximum Gasteiger partial charge on any atom is 0.284 e. The summed E-state index contributed by atoms with van der Waals surface area (Å²) in [7, 11) is 0. The molecule has 0 saturated carbocycles. The van der Waals surface area contributed by atoms with Gasteiger partial charge in [-0.25, -0.2) is 4.98 Å². The van der Waals surface area contributed by atoms with Crippen molar-refractivity contribution in [1.82, 2.24) is 14.9 Å². The van der Waals surface area contributed by atoms with Gasteiger partial charge in [0.25, 0.3) is 5.91 Å². The summed E-state index contributed by atoms with van der Waals surface area (Å²) in [4.78, 5) is 14.8. The SMILES string of the molecule is CC(C)(C)OCCNCCn1c[c]nc1C(N)=O. The average Bonchev–Trinajstić information content (AvgIpc) is 2.69. The van der Waals surface area contributed by atoms with Crippen LogP contribution in [0.3, 0.4) is 0 Å². The molecule has 0 spiro atoms. The molecular weight excluding hydrogens is 232 g/mol. The second-order valence-electron chi connectivity index (χ2n) is 4.96. The summed E-state index contributed by atoms with van der Waals surface area (Å²) < 4.78 is 7.25. The molecule has 6 nitrogen and oxygen atoms in total. The topological polar surface area (TPSA) is 82.2 Å². The van der Waals surface area contributed by atoms with Gasteiger partial charge in [0.1, 0.15) is 6.20 Å². The molecule has 6 heteroatoms. The molecule has 0 unspecified atom stereocenters. The van der Waals surface area contributed by atoms with Crippen LogP contribution in [-0.4, -0.2) is 40.8 Å². The number of hydrogen-bond acceptors (Lipinski definition) is 4. The molecule has 0 aliphatic rings. The van der Waals surface area contributed by atoms with Crippen molar-refractivity contribution in [2.75, 3.05) is 19.7 Å². The number of carbonyl (C=O) groups is 1. The minimum Gasteiger partial charge on any atom is -0.375 e. The Labute approximate surface area is 108 Å². The molecule has 1 rings (SSSR count). The predicted octanol–water partition coefficient (Wildman–Crippen LogP) is 0.187. The van der Waals surface area contributed by atoms with Crippen molar-refractivity contribution in [3.8, 4) is 0 Å². The predicted molar refractivity (Wildman–Crippen MR) is 68.2 cm³/mol. The van der Waals surface area contributed by atoms with Crippen LogP contribution in [0.2, 0.25) is 0 Å². The first kappa shape index (κ1) is 14.7. The first-order valence-electron chi connectivity index (χ1n) is 5.98. The van der Waals surface area contributed by atoms with Gasteiger partial charge in [-0.2, -0.15) is 0 Å². The summed E-state index contributed by atoms with van der Waals surface area (Å²) in [5.74, 6) is -0.296. The third-order valence-corrected chi connectivity index (χ3v) is 2.22. The number of rotatable bonds is 7. The lowest BCUT2D eigenvalue weighted by atomic mass is 10.2. The molecule has 0 fully saturated rings. The summed E-state index contributed by atoms with van der Waals surface area (Å²) in [6, 6.07) is 0. The lowest BCUT2D eigenvalue weighted by molar-refractivity contribution is -0.000796. The van der Waals surface area contributed by atoms with E-state index >= 15 is 0 Å². The van der Waals surface area contributed by atoms with Crippen molar-refractivity contribution in [3.05, 3.63) is 18.2 Å². The van der Waals surface area contributed by atoms with Crippen LogP contribution >= 0.6 is 0 Å². The first-order valence-corrected chi connectivity index (χ1v) is 5.98. The van der Waals surface area contributed by atoms with Gasteiger partial charge < -0.3 is 20.4 Å². The number of amides is 1. The summed E-state index contributed by atoms with van der Waals surface area (Å²) in [6.45, 7) is 8.83. The Kier molecular flexibility index (Phi) is 5.30. The van der Waals surface area contributed by atoms with E-state index < -0.39 is 5.91 Å². The molecule has 0 aliphatic carbocycles. The number of nitrogens with zero attached hydrogens (tertiary/aromatic N) is 2. The molecule has 1 heterocycles. The Hall–Kier alpha value is -1.40. The number of imidazole rings is 1. The Morgan fingerprint density at radius 2 is 2.28 bits per heavy atom. The molecule has 0 bridgehead atoms. The molecule has 1 aromatic heterocycles. The Morgan fingerprint density at radius 1 is 1.56 bits per heavy atom. The van der Waals surface area contributed by atoms with Crippen molar-refractivity contribution in [2.45, 2.75) is 32.9 Å². The lowest BCUT2D eigenvalue weighted by Crippen LogP contribution is -2.29. The van der Waals surface area contributed by atoms with E-state index in [9.17, 15) is 4.79 Å². The number of nitrogens with two attached hydrogens (primary N) is 1. The van der Waals surface area contributed by atoms with Gasteiger partial charge in [0.2, 0.25) is 0 Å². The summed E-state index contributed by atoms with van der Waals surface area (Å²) in [5, 5.41) is 3.22. The van der Waals surface area contributed by atoms with E-state index in [2.05, 4.69) is 16.5 Å². The van der Waals surface area contributed by atoms with E-state index in [0.717, 1.165) is 13.1 Å². The van der Waals surface area contributed by atoms with E-state index in [1.165, 1.54) is 0 Å². The molecule has 0 atom stereocenters. The summed E-state index contributed by atoms with van der Waals surface area (Å²) >= 11 is 0. The zero-order valence-electron chi connectivity index (χ0n) is 11.2. The molecule has 0 saturated heterocycles. The van der Waals surface area contributed by atoms with Crippen molar-refractivity contribution in [2.24, 2.45) is 5.73 Å². The zero-order valence-corrected chi connectivity index (χ0v) is 11.2. The van der Waals surface area contributed by atoms with E-state index in [0.29, 0.717) is 13.2 Å². The second-order valence-corrected chi connectivity index (χ2v) is 4.96. The fourth-order valence-corrected chi connectivity index (χ4v) is 1.41. The average molecular weight is 253 g/mol. The smallest absolute Gasteiger partial charge is 0.284 e. The highest BCUT2D eigenvalue weighted by Crippen LogP contribution is 2.04. The van der Waals surface area contributed by atoms with E-state index in [-0.39, 0.29) is 11.4 Å². The normalized spacial score (nSPS) is 11.7. The number of ether oxygens (including phenoxy) is 1. The van der Waals surface area contributed by atoms with Crippen LogP contribution in [0.5, 0.6) is 0 Å². The van der Waals surface area contributed by atoms with Crippen molar-refractivity contribution in [1.29, 1.82) is 0 Å². The van der Waals surface area contributed by atoms with Crippen LogP contribution in [0.15, 0.2) is 6.20 Å². The zero-order chi connectivity index (χ0) is 13.6. The fraction of sp³-hybridized carbons (Fsp3) is 0.667. The lowest BCUT2D eigenvalue weighted by Gasteiger charge is -2.19. The fourth-order valence-electron chi connectivity index (χ4n) is 1.41. The van der Waals surface area contributed by atoms with Gasteiger partial charge in [-0.1, -0.05) is 0 Å². The molecule has 3 N–H and O–H groups in total. The van der Waals surface area contributed by atoms with Crippen LogP contribution in [0.1, 0.15) is 31.4 Å². The van der Waals surface area contributed by atoms with Gasteiger partial charge in [0.05, 0.1) is 12.2 Å². The summed E-state index contributed by atoms with van der Waals surface area (Å²) in [6.07, 6.45) is 4.23. The molecular formula is C12H21N4O2. The third-order valence-electron chi connectivity index (χ3n) is 2.22. The largest absolute Gasteiger partial charge is 0.375 e. The molecule has 0 aromatic carbocycles. The Balaban J connectivity index is 2.18. The van der Waals surface area contributed by atoms with Gasteiger partial charge in [-0.3, -0.25) is 4.79 Å². The number of aromatic nitrogens is 2. The molecule has 1 radical (unpaired) electrons. The minimum atomic E-state index is -0.535. The van der Waals surface area contributed by atoms with Gasteiger partial charge in [0, 0.05) is 25.8 Å².